The fourth-order valence-corrected chi connectivity index (χ4v) is 4.52. The number of halogens is 1. The lowest BCUT2D eigenvalue weighted by molar-refractivity contribution is 0.593. The highest BCUT2D eigenvalue weighted by molar-refractivity contribution is 7.99. The zero-order chi connectivity index (χ0) is 22.1. The van der Waals surface area contributed by atoms with Crippen LogP contribution in [0.15, 0.2) is 45.3 Å². The van der Waals surface area contributed by atoms with E-state index in [9.17, 15) is 9.59 Å². The third kappa shape index (κ3) is 3.92. The van der Waals surface area contributed by atoms with Gasteiger partial charge in [0, 0.05) is 43.5 Å². The van der Waals surface area contributed by atoms with Crippen molar-refractivity contribution in [2.24, 2.45) is 14.1 Å². The second-order valence-electron chi connectivity index (χ2n) is 7.09. The van der Waals surface area contributed by atoms with Crippen LogP contribution in [0.2, 0.25) is 5.02 Å². The van der Waals surface area contributed by atoms with Crippen LogP contribution in [0.5, 0.6) is 0 Å². The Hall–Kier alpha value is -2.85. The van der Waals surface area contributed by atoms with Crippen molar-refractivity contribution in [3.63, 3.8) is 0 Å². The van der Waals surface area contributed by atoms with Gasteiger partial charge in [0.15, 0.2) is 22.1 Å². The van der Waals surface area contributed by atoms with Crippen molar-refractivity contribution in [1.29, 1.82) is 0 Å². The topological polar surface area (TPSA) is 92.5 Å². The number of nitrogens with zero attached hydrogens (tertiary/aromatic N) is 7. The summed E-state index contributed by atoms with van der Waals surface area (Å²) in [6, 6.07) is 7.50. The van der Waals surface area contributed by atoms with Crippen molar-refractivity contribution in [2.45, 2.75) is 31.6 Å². The van der Waals surface area contributed by atoms with Crippen LogP contribution in [0.3, 0.4) is 0 Å². The molecule has 162 valence electrons. The first-order valence-electron chi connectivity index (χ1n) is 9.85. The number of hydrogen-bond donors (Lipinski definition) is 0. The van der Waals surface area contributed by atoms with Gasteiger partial charge in [0.1, 0.15) is 0 Å². The summed E-state index contributed by atoms with van der Waals surface area (Å²) in [5, 5.41) is 10.1. The first-order valence-corrected chi connectivity index (χ1v) is 11.2. The van der Waals surface area contributed by atoms with Crippen LogP contribution in [0, 0.1) is 0 Å². The van der Waals surface area contributed by atoms with Crippen molar-refractivity contribution >= 4 is 34.5 Å². The van der Waals surface area contributed by atoms with Crippen LogP contribution in [-0.4, -0.2) is 39.2 Å². The third-order valence-corrected chi connectivity index (χ3v) is 6.40. The smallest absolute Gasteiger partial charge is 0.328 e. The van der Waals surface area contributed by atoms with Crippen LogP contribution < -0.4 is 11.2 Å². The van der Waals surface area contributed by atoms with E-state index in [-0.39, 0.29) is 11.2 Å². The van der Waals surface area contributed by atoms with Crippen molar-refractivity contribution in [3.8, 4) is 11.4 Å². The predicted octanol–water partition coefficient (Wildman–Crippen LogP) is 2.55. The summed E-state index contributed by atoms with van der Waals surface area (Å²) in [6.45, 7) is 3.09. The van der Waals surface area contributed by atoms with Gasteiger partial charge in [-0.3, -0.25) is 13.9 Å². The Morgan fingerprint density at radius 2 is 1.81 bits per heavy atom. The summed E-state index contributed by atoms with van der Waals surface area (Å²) in [5.41, 5.74) is 1.10. The molecule has 0 saturated heterocycles. The summed E-state index contributed by atoms with van der Waals surface area (Å²) in [7, 11) is 3.38. The third-order valence-electron chi connectivity index (χ3n) is 5.09. The molecule has 0 amide bonds. The Morgan fingerprint density at radius 1 is 1.06 bits per heavy atom. The normalized spacial score (nSPS) is 11.5. The summed E-state index contributed by atoms with van der Waals surface area (Å²) >= 11 is 7.53. The van der Waals surface area contributed by atoms with Crippen molar-refractivity contribution in [3.05, 3.63) is 56.5 Å². The van der Waals surface area contributed by atoms with E-state index in [4.69, 9.17) is 11.6 Å². The quantitative estimate of drug-likeness (QED) is 0.311. The van der Waals surface area contributed by atoms with Crippen molar-refractivity contribution in [2.75, 3.05) is 5.75 Å². The number of thioether (sulfide) groups is 1. The average molecular weight is 460 g/mol. The molecular weight excluding hydrogens is 438 g/mol. The van der Waals surface area contributed by atoms with Crippen LogP contribution in [0.1, 0.15) is 13.3 Å². The molecule has 4 aromatic rings. The molecule has 31 heavy (non-hydrogen) atoms. The zero-order valence-corrected chi connectivity index (χ0v) is 19.0. The maximum atomic E-state index is 12.8. The van der Waals surface area contributed by atoms with Gasteiger partial charge in [-0.1, -0.05) is 23.4 Å². The van der Waals surface area contributed by atoms with Gasteiger partial charge in [-0.25, -0.2) is 9.78 Å². The minimum Gasteiger partial charge on any atom is -0.328 e. The molecule has 0 aliphatic carbocycles. The number of fused-ring (bicyclic) bond motifs is 1. The molecule has 0 unspecified atom stereocenters. The Morgan fingerprint density at radius 3 is 2.52 bits per heavy atom. The van der Waals surface area contributed by atoms with E-state index in [2.05, 4.69) is 15.2 Å². The molecule has 0 atom stereocenters. The fourth-order valence-electron chi connectivity index (χ4n) is 3.47. The number of benzene rings is 1. The number of aryl methyl sites for hydroxylation is 2. The van der Waals surface area contributed by atoms with Crippen LogP contribution in [0.4, 0.5) is 0 Å². The minimum absolute atomic E-state index is 0.315. The highest BCUT2D eigenvalue weighted by Crippen LogP contribution is 2.25. The Balaban J connectivity index is 1.49. The molecule has 0 radical (unpaired) electrons. The second kappa shape index (κ2) is 8.72. The monoisotopic (exact) mass is 459 g/mol. The minimum atomic E-state index is -0.358. The highest BCUT2D eigenvalue weighted by Gasteiger charge is 2.16. The van der Waals surface area contributed by atoms with Gasteiger partial charge >= 0.3 is 5.69 Å². The van der Waals surface area contributed by atoms with Crippen molar-refractivity contribution < 1.29 is 0 Å². The summed E-state index contributed by atoms with van der Waals surface area (Å²) in [6.07, 6.45) is 2.18. The molecule has 1 aromatic carbocycles. The maximum Gasteiger partial charge on any atom is 0.332 e. The SMILES string of the molecule is CCn1c(SCCCn2c(=O)c3c(ncn3C)n(C)c2=O)nnc1-c1ccc(Cl)cc1. The molecule has 0 bridgehead atoms. The molecule has 3 aromatic heterocycles. The zero-order valence-electron chi connectivity index (χ0n) is 17.4. The summed E-state index contributed by atoms with van der Waals surface area (Å²) in [4.78, 5) is 29.5. The Kier molecular flexibility index (Phi) is 6.01. The van der Waals surface area contributed by atoms with E-state index in [1.807, 2.05) is 35.8 Å². The van der Waals surface area contributed by atoms with Gasteiger partial charge < -0.3 is 9.13 Å². The standard InChI is InChI=1S/C20H22ClN7O2S/c1-4-27-16(13-6-8-14(21)9-7-13)23-24-19(27)31-11-5-10-28-18(29)15-17(22-12-25(15)2)26(3)20(28)30/h6-9,12H,4-5,10-11H2,1-3H3. The van der Waals surface area contributed by atoms with Gasteiger partial charge in [0.05, 0.1) is 6.33 Å². The fraction of sp³-hybridized carbons (Fsp3) is 0.350. The molecule has 9 nitrogen and oxygen atoms in total. The van der Waals surface area contributed by atoms with E-state index in [0.717, 1.165) is 23.1 Å². The van der Waals surface area contributed by atoms with Crippen LogP contribution >= 0.6 is 23.4 Å². The van der Waals surface area contributed by atoms with Gasteiger partial charge in [-0.05, 0) is 37.6 Å². The van der Waals surface area contributed by atoms with Gasteiger partial charge in [0.25, 0.3) is 5.56 Å². The predicted molar refractivity (Wildman–Crippen MR) is 122 cm³/mol. The number of imidazole rings is 1. The molecule has 0 aliphatic rings. The largest absolute Gasteiger partial charge is 0.332 e. The highest BCUT2D eigenvalue weighted by atomic mass is 35.5. The molecule has 0 fully saturated rings. The molecular formula is C20H22ClN7O2S. The van der Waals surface area contributed by atoms with E-state index in [0.29, 0.717) is 34.9 Å². The van der Waals surface area contributed by atoms with E-state index >= 15 is 0 Å². The van der Waals surface area contributed by atoms with Gasteiger partial charge in [-0.2, -0.15) is 0 Å². The Bertz CT molecular complexity index is 1350. The van der Waals surface area contributed by atoms with Gasteiger partial charge in [0.2, 0.25) is 0 Å². The lowest BCUT2D eigenvalue weighted by Crippen LogP contribution is -2.39. The molecule has 11 heteroatoms. The first-order chi connectivity index (χ1) is 14.9. The second-order valence-corrected chi connectivity index (χ2v) is 8.58. The summed E-state index contributed by atoms with van der Waals surface area (Å²) in [5.74, 6) is 1.48. The van der Waals surface area contributed by atoms with E-state index < -0.39 is 0 Å². The number of rotatable bonds is 7. The molecule has 0 spiro atoms. The van der Waals surface area contributed by atoms with E-state index in [1.54, 1.807) is 36.8 Å². The maximum absolute atomic E-state index is 12.8. The lowest BCUT2D eigenvalue weighted by Gasteiger charge is -2.09. The lowest BCUT2D eigenvalue weighted by atomic mass is 10.2. The van der Waals surface area contributed by atoms with Crippen molar-refractivity contribution in [1.82, 2.24) is 33.4 Å². The number of aromatic nitrogens is 7. The van der Waals surface area contributed by atoms with E-state index in [1.165, 1.54) is 9.13 Å². The molecule has 3 heterocycles. The molecule has 0 saturated carbocycles. The molecule has 0 N–H and O–H groups in total. The summed E-state index contributed by atoms with van der Waals surface area (Å²) < 4.78 is 6.37. The number of hydrogen-bond acceptors (Lipinski definition) is 6. The molecule has 0 aliphatic heterocycles. The molecule has 4 rings (SSSR count). The Labute approximate surface area is 187 Å². The van der Waals surface area contributed by atoms with Gasteiger partial charge in [-0.15, -0.1) is 10.2 Å². The average Bonchev–Trinajstić information content (AvgIpc) is 3.35. The van der Waals surface area contributed by atoms with Crippen LogP contribution in [-0.2, 0) is 27.2 Å². The first kappa shape index (κ1) is 21.4. The van der Waals surface area contributed by atoms with Crippen LogP contribution in [0.25, 0.3) is 22.6 Å².